The van der Waals surface area contributed by atoms with E-state index in [1.807, 2.05) is 0 Å². The van der Waals surface area contributed by atoms with Crippen molar-refractivity contribution in [3.05, 3.63) is 35.0 Å². The fourth-order valence-corrected chi connectivity index (χ4v) is 5.34. The molecule has 1 N–H and O–H groups in total. The number of H-pyrrole nitrogens is 1. The first kappa shape index (κ1) is 19.8. The predicted octanol–water partition coefficient (Wildman–Crippen LogP) is 4.74. The molecule has 3 nitrogen and oxygen atoms in total. The van der Waals surface area contributed by atoms with E-state index < -0.39 is 11.7 Å². The minimum atomic E-state index is -4.30. The summed E-state index contributed by atoms with van der Waals surface area (Å²) in [5, 5.41) is 0.764. The Labute approximate surface area is 164 Å². The second kappa shape index (κ2) is 7.38. The third-order valence-corrected chi connectivity index (χ3v) is 6.78. The van der Waals surface area contributed by atoms with Gasteiger partial charge in [0.2, 0.25) is 0 Å². The highest BCUT2D eigenvalue weighted by atomic mass is 19.4. The Morgan fingerprint density at radius 1 is 1.25 bits per heavy atom. The number of aromatic amines is 1. The largest absolute Gasteiger partial charge is 0.416 e. The van der Waals surface area contributed by atoms with Crippen LogP contribution in [-0.2, 0) is 12.6 Å². The summed E-state index contributed by atoms with van der Waals surface area (Å²) in [5.41, 5.74) is 2.57. The van der Waals surface area contributed by atoms with Crippen molar-refractivity contribution in [2.24, 2.45) is 11.8 Å². The highest BCUT2D eigenvalue weighted by Gasteiger charge is 2.40. The maximum Gasteiger partial charge on any atom is 0.416 e. The van der Waals surface area contributed by atoms with Crippen molar-refractivity contribution >= 4 is 10.9 Å². The molecular formula is C22H30F3N3. The number of rotatable bonds is 4. The first-order valence-corrected chi connectivity index (χ1v) is 10.3. The zero-order valence-corrected chi connectivity index (χ0v) is 16.9. The van der Waals surface area contributed by atoms with Crippen LogP contribution in [0.15, 0.2) is 18.2 Å². The van der Waals surface area contributed by atoms with E-state index >= 15 is 0 Å². The second-order valence-corrected chi connectivity index (χ2v) is 8.94. The van der Waals surface area contributed by atoms with Gasteiger partial charge in [-0.1, -0.05) is 6.92 Å². The average Bonchev–Trinajstić information content (AvgIpc) is 2.99. The Morgan fingerprint density at radius 3 is 2.75 bits per heavy atom. The third-order valence-electron chi connectivity index (χ3n) is 6.78. The zero-order valence-electron chi connectivity index (χ0n) is 16.9. The van der Waals surface area contributed by atoms with Gasteiger partial charge in [0.15, 0.2) is 0 Å². The molecule has 1 aliphatic heterocycles. The lowest BCUT2D eigenvalue weighted by atomic mass is 9.68. The zero-order chi connectivity index (χ0) is 20.1. The Bertz CT molecular complexity index is 839. The number of hydrogen-bond donors (Lipinski definition) is 1. The Kier molecular flexibility index (Phi) is 5.21. The Morgan fingerprint density at radius 2 is 2.04 bits per heavy atom. The number of alkyl halides is 3. The van der Waals surface area contributed by atoms with Crippen LogP contribution in [0.25, 0.3) is 10.9 Å². The number of benzene rings is 1. The maximum absolute atomic E-state index is 13.2. The van der Waals surface area contributed by atoms with E-state index in [4.69, 9.17) is 0 Å². The van der Waals surface area contributed by atoms with E-state index in [9.17, 15) is 13.2 Å². The molecule has 2 aromatic rings. The highest BCUT2D eigenvalue weighted by molar-refractivity contribution is 5.86. The van der Waals surface area contributed by atoms with Gasteiger partial charge in [-0.3, -0.25) is 0 Å². The number of hydrogen-bond acceptors (Lipinski definition) is 2. The normalized spacial score (nSPS) is 25.9. The van der Waals surface area contributed by atoms with Gasteiger partial charge in [-0.05, 0) is 94.5 Å². The molecule has 0 spiro atoms. The molecule has 1 saturated heterocycles. The Hall–Kier alpha value is -1.53. The average molecular weight is 393 g/mol. The summed E-state index contributed by atoms with van der Waals surface area (Å²) in [7, 11) is 4.20. The molecule has 6 heteroatoms. The SMILES string of the molecule is CC1c2c([nH]c3ccc(C(F)(F)F)cc23)CC2CCN(CCCN(C)C)CC21. The number of halogens is 3. The lowest BCUT2D eigenvalue weighted by Crippen LogP contribution is -2.45. The van der Waals surface area contributed by atoms with Crippen LogP contribution in [0.2, 0.25) is 0 Å². The quantitative estimate of drug-likeness (QED) is 0.811. The van der Waals surface area contributed by atoms with Crippen molar-refractivity contribution < 1.29 is 13.2 Å². The summed E-state index contributed by atoms with van der Waals surface area (Å²) in [5.74, 6) is 1.43. The highest BCUT2D eigenvalue weighted by Crippen LogP contribution is 2.46. The van der Waals surface area contributed by atoms with Crippen LogP contribution < -0.4 is 0 Å². The minimum absolute atomic E-state index is 0.280. The van der Waals surface area contributed by atoms with Crippen LogP contribution in [0.4, 0.5) is 13.2 Å². The predicted molar refractivity (Wildman–Crippen MR) is 107 cm³/mol. The van der Waals surface area contributed by atoms with Crippen LogP contribution in [-0.4, -0.2) is 55.1 Å². The van der Waals surface area contributed by atoms with Gasteiger partial charge >= 0.3 is 6.18 Å². The van der Waals surface area contributed by atoms with Gasteiger partial charge in [0.25, 0.3) is 0 Å². The van der Waals surface area contributed by atoms with Crippen molar-refractivity contribution in [3.63, 3.8) is 0 Å². The molecule has 154 valence electrons. The molecule has 4 rings (SSSR count). The minimum Gasteiger partial charge on any atom is -0.358 e. The van der Waals surface area contributed by atoms with Gasteiger partial charge in [-0.25, -0.2) is 0 Å². The second-order valence-electron chi connectivity index (χ2n) is 8.94. The summed E-state index contributed by atoms with van der Waals surface area (Å²) in [6, 6.07) is 4.13. The number of piperidine rings is 1. The number of likely N-dealkylation sites (tertiary alicyclic amines) is 1. The summed E-state index contributed by atoms with van der Waals surface area (Å²) < 4.78 is 39.7. The molecule has 0 saturated carbocycles. The van der Waals surface area contributed by atoms with Gasteiger partial charge in [-0.2, -0.15) is 13.2 Å². The number of aromatic nitrogens is 1. The fourth-order valence-electron chi connectivity index (χ4n) is 5.34. The van der Waals surface area contributed by atoms with Crippen LogP contribution in [0.5, 0.6) is 0 Å². The van der Waals surface area contributed by atoms with Gasteiger partial charge in [0.1, 0.15) is 0 Å². The van der Waals surface area contributed by atoms with E-state index in [0.29, 0.717) is 11.8 Å². The molecule has 0 bridgehead atoms. The molecule has 0 amide bonds. The molecule has 2 heterocycles. The van der Waals surface area contributed by atoms with Crippen LogP contribution in [0.1, 0.15) is 42.5 Å². The molecule has 3 unspecified atom stereocenters. The summed E-state index contributed by atoms with van der Waals surface area (Å²) >= 11 is 0. The summed E-state index contributed by atoms with van der Waals surface area (Å²) in [6.07, 6.45) is -0.996. The standard InChI is InChI=1S/C22H30F3N3/c1-14-18-13-28(9-4-8-27(2)3)10-7-15(18)11-20-21(14)17-12-16(22(23,24)25)5-6-19(17)26-20/h5-6,12,14-15,18,26H,4,7-11,13H2,1-3H3. The van der Waals surface area contributed by atoms with Gasteiger partial charge < -0.3 is 14.8 Å². The van der Waals surface area contributed by atoms with E-state index in [0.717, 1.165) is 61.2 Å². The van der Waals surface area contributed by atoms with Gasteiger partial charge in [-0.15, -0.1) is 0 Å². The van der Waals surface area contributed by atoms with Crippen molar-refractivity contribution in [3.8, 4) is 0 Å². The van der Waals surface area contributed by atoms with Crippen molar-refractivity contribution in [1.29, 1.82) is 0 Å². The van der Waals surface area contributed by atoms with Crippen LogP contribution in [0, 0.1) is 11.8 Å². The molecule has 1 fully saturated rings. The van der Waals surface area contributed by atoms with E-state index in [1.54, 1.807) is 6.07 Å². The van der Waals surface area contributed by atoms with Crippen molar-refractivity contribution in [1.82, 2.24) is 14.8 Å². The molecule has 0 radical (unpaired) electrons. The van der Waals surface area contributed by atoms with E-state index in [2.05, 4.69) is 35.8 Å². The molecule has 3 atom stereocenters. The van der Waals surface area contributed by atoms with E-state index in [-0.39, 0.29) is 5.92 Å². The first-order valence-electron chi connectivity index (χ1n) is 10.3. The molecule has 1 aliphatic carbocycles. The summed E-state index contributed by atoms with van der Waals surface area (Å²) in [4.78, 5) is 8.20. The number of fused-ring (bicyclic) bond motifs is 4. The molecule has 28 heavy (non-hydrogen) atoms. The van der Waals surface area contributed by atoms with Crippen molar-refractivity contribution in [2.75, 3.05) is 40.3 Å². The smallest absolute Gasteiger partial charge is 0.358 e. The summed E-state index contributed by atoms with van der Waals surface area (Å²) in [6.45, 7) is 6.60. The van der Waals surface area contributed by atoms with Crippen molar-refractivity contribution in [2.45, 2.75) is 38.3 Å². The fraction of sp³-hybridized carbons (Fsp3) is 0.636. The van der Waals surface area contributed by atoms with Crippen LogP contribution >= 0.6 is 0 Å². The lowest BCUT2D eigenvalue weighted by molar-refractivity contribution is -0.137. The van der Waals surface area contributed by atoms with E-state index in [1.165, 1.54) is 18.6 Å². The monoisotopic (exact) mass is 393 g/mol. The van der Waals surface area contributed by atoms with Gasteiger partial charge in [0, 0.05) is 23.1 Å². The third kappa shape index (κ3) is 3.69. The Balaban J connectivity index is 1.59. The maximum atomic E-state index is 13.2. The molecule has 2 aliphatic rings. The molecule has 1 aromatic carbocycles. The molecule has 1 aromatic heterocycles. The number of nitrogens with zero attached hydrogens (tertiary/aromatic N) is 2. The first-order chi connectivity index (χ1) is 13.2. The van der Waals surface area contributed by atoms with Crippen LogP contribution in [0.3, 0.4) is 0 Å². The lowest BCUT2D eigenvalue weighted by Gasteiger charge is -2.44. The van der Waals surface area contributed by atoms with Gasteiger partial charge in [0.05, 0.1) is 5.56 Å². The topological polar surface area (TPSA) is 22.3 Å². The number of nitrogens with one attached hydrogen (secondary N) is 1. The molecular weight excluding hydrogens is 363 g/mol.